The third kappa shape index (κ3) is 3.84. The van der Waals surface area contributed by atoms with Crippen molar-refractivity contribution in [3.63, 3.8) is 0 Å². The molecule has 5 heteroatoms. The van der Waals surface area contributed by atoms with Crippen LogP contribution in [-0.2, 0) is 0 Å². The summed E-state index contributed by atoms with van der Waals surface area (Å²) in [5.41, 5.74) is 1.16. The van der Waals surface area contributed by atoms with Crippen LogP contribution in [0, 0.1) is 6.92 Å². The average molecular weight is 291 g/mol. The van der Waals surface area contributed by atoms with E-state index in [9.17, 15) is 0 Å². The van der Waals surface area contributed by atoms with Crippen LogP contribution in [-0.4, -0.2) is 53.6 Å². The van der Waals surface area contributed by atoms with E-state index in [1.165, 1.54) is 6.42 Å². The van der Waals surface area contributed by atoms with Crippen LogP contribution in [0.1, 0.15) is 39.2 Å². The fraction of sp³-hybridized carbons (Fsp3) is 0.750. The van der Waals surface area contributed by atoms with E-state index in [2.05, 4.69) is 47.8 Å². The number of nitrogens with zero attached hydrogens (tertiary/aromatic N) is 4. The molecule has 1 aliphatic rings. The van der Waals surface area contributed by atoms with Crippen LogP contribution < -0.4 is 10.2 Å². The molecule has 0 bridgehead atoms. The molecule has 0 radical (unpaired) electrons. The van der Waals surface area contributed by atoms with Crippen molar-refractivity contribution < 1.29 is 0 Å². The van der Waals surface area contributed by atoms with E-state index in [4.69, 9.17) is 4.98 Å². The fourth-order valence-electron chi connectivity index (χ4n) is 3.05. The van der Waals surface area contributed by atoms with Crippen LogP contribution in [0.3, 0.4) is 0 Å². The topological polar surface area (TPSA) is 44.3 Å². The van der Waals surface area contributed by atoms with Crippen LogP contribution in [0.15, 0.2) is 6.20 Å². The van der Waals surface area contributed by atoms with E-state index >= 15 is 0 Å². The zero-order chi connectivity index (χ0) is 15.2. The van der Waals surface area contributed by atoms with Crippen molar-refractivity contribution in [3.05, 3.63) is 11.8 Å². The minimum Gasteiger partial charge on any atom is -0.355 e. The number of rotatable bonds is 7. The molecular formula is C16H29N5. The van der Waals surface area contributed by atoms with Crippen LogP contribution in [0.4, 0.5) is 11.8 Å². The van der Waals surface area contributed by atoms with E-state index in [1.807, 2.05) is 6.20 Å². The van der Waals surface area contributed by atoms with Gasteiger partial charge in [-0.2, -0.15) is 4.98 Å². The monoisotopic (exact) mass is 291 g/mol. The molecule has 1 fully saturated rings. The summed E-state index contributed by atoms with van der Waals surface area (Å²) in [6, 6.07) is 0.654. The summed E-state index contributed by atoms with van der Waals surface area (Å²) < 4.78 is 0. The van der Waals surface area contributed by atoms with Gasteiger partial charge in [0.15, 0.2) is 0 Å². The predicted molar refractivity (Wildman–Crippen MR) is 89.1 cm³/mol. The van der Waals surface area contributed by atoms with Crippen molar-refractivity contribution >= 4 is 11.8 Å². The highest BCUT2D eigenvalue weighted by molar-refractivity contribution is 5.50. The SMILES string of the molecule is CCCNc1ncc(C)c(N2CCC(N(CC)CC)C2)n1. The molecular weight excluding hydrogens is 262 g/mol. The molecule has 1 unspecified atom stereocenters. The Kier molecular flexibility index (Phi) is 5.79. The molecule has 0 amide bonds. The number of anilines is 2. The molecule has 0 saturated carbocycles. The van der Waals surface area contributed by atoms with Crippen LogP contribution in [0.5, 0.6) is 0 Å². The summed E-state index contributed by atoms with van der Waals surface area (Å²) in [6.07, 6.45) is 4.24. The number of aromatic nitrogens is 2. The Morgan fingerprint density at radius 3 is 2.76 bits per heavy atom. The van der Waals surface area contributed by atoms with Gasteiger partial charge in [-0.25, -0.2) is 4.98 Å². The number of aryl methyl sites for hydroxylation is 1. The second kappa shape index (κ2) is 7.59. The number of hydrogen-bond acceptors (Lipinski definition) is 5. The van der Waals surface area contributed by atoms with Gasteiger partial charge in [0.1, 0.15) is 5.82 Å². The van der Waals surface area contributed by atoms with Crippen molar-refractivity contribution in [2.24, 2.45) is 0 Å². The van der Waals surface area contributed by atoms with Gasteiger partial charge < -0.3 is 10.2 Å². The van der Waals surface area contributed by atoms with Gasteiger partial charge in [0, 0.05) is 37.4 Å². The number of hydrogen-bond donors (Lipinski definition) is 1. The molecule has 2 rings (SSSR count). The summed E-state index contributed by atoms with van der Waals surface area (Å²) in [4.78, 5) is 14.1. The lowest BCUT2D eigenvalue weighted by atomic mass is 10.2. The van der Waals surface area contributed by atoms with Crippen molar-refractivity contribution in [1.29, 1.82) is 0 Å². The zero-order valence-electron chi connectivity index (χ0n) is 13.9. The second-order valence-corrected chi connectivity index (χ2v) is 5.74. The van der Waals surface area contributed by atoms with E-state index < -0.39 is 0 Å². The molecule has 1 N–H and O–H groups in total. The van der Waals surface area contributed by atoms with Crippen LogP contribution in [0.2, 0.25) is 0 Å². The van der Waals surface area contributed by atoms with Crippen molar-refractivity contribution in [1.82, 2.24) is 14.9 Å². The molecule has 21 heavy (non-hydrogen) atoms. The summed E-state index contributed by atoms with van der Waals surface area (Å²) in [5, 5.41) is 3.28. The maximum absolute atomic E-state index is 4.72. The van der Waals surface area contributed by atoms with Gasteiger partial charge in [-0.1, -0.05) is 20.8 Å². The van der Waals surface area contributed by atoms with Crippen molar-refractivity contribution in [2.45, 2.75) is 46.6 Å². The molecule has 0 spiro atoms. The summed E-state index contributed by atoms with van der Waals surface area (Å²) in [7, 11) is 0. The number of likely N-dealkylation sites (N-methyl/N-ethyl adjacent to an activating group) is 1. The van der Waals surface area contributed by atoms with Gasteiger partial charge in [0.05, 0.1) is 0 Å². The molecule has 1 aliphatic heterocycles. The van der Waals surface area contributed by atoms with Gasteiger partial charge in [-0.15, -0.1) is 0 Å². The van der Waals surface area contributed by atoms with Gasteiger partial charge in [-0.3, -0.25) is 4.90 Å². The standard InChI is InChI=1S/C16H29N5/c1-5-9-17-16-18-11-13(4)15(19-16)21-10-8-14(12-21)20(6-2)7-3/h11,14H,5-10,12H2,1-4H3,(H,17,18,19). The molecule has 118 valence electrons. The van der Waals surface area contributed by atoms with E-state index in [1.54, 1.807) is 0 Å². The quantitative estimate of drug-likeness (QED) is 0.836. The first kappa shape index (κ1) is 16.0. The van der Waals surface area contributed by atoms with Gasteiger partial charge in [0.2, 0.25) is 5.95 Å². The molecule has 1 saturated heterocycles. The molecule has 5 nitrogen and oxygen atoms in total. The van der Waals surface area contributed by atoms with Gasteiger partial charge in [-0.05, 0) is 32.9 Å². The highest BCUT2D eigenvalue weighted by atomic mass is 15.3. The maximum atomic E-state index is 4.72. The first-order chi connectivity index (χ1) is 10.2. The summed E-state index contributed by atoms with van der Waals surface area (Å²) in [6.45, 7) is 14.1. The minimum absolute atomic E-state index is 0.654. The Hall–Kier alpha value is -1.36. The Morgan fingerprint density at radius 2 is 2.10 bits per heavy atom. The largest absolute Gasteiger partial charge is 0.355 e. The first-order valence-corrected chi connectivity index (χ1v) is 8.26. The Labute approximate surface area is 128 Å². The second-order valence-electron chi connectivity index (χ2n) is 5.74. The normalized spacial score (nSPS) is 18.5. The van der Waals surface area contributed by atoms with Gasteiger partial charge in [0.25, 0.3) is 0 Å². The Bertz CT molecular complexity index is 444. The van der Waals surface area contributed by atoms with Gasteiger partial charge >= 0.3 is 0 Å². The molecule has 2 heterocycles. The molecule has 1 atom stereocenters. The highest BCUT2D eigenvalue weighted by Crippen LogP contribution is 2.24. The summed E-state index contributed by atoms with van der Waals surface area (Å²) >= 11 is 0. The third-order valence-corrected chi connectivity index (χ3v) is 4.27. The van der Waals surface area contributed by atoms with E-state index in [0.717, 1.165) is 56.5 Å². The lowest BCUT2D eigenvalue weighted by Crippen LogP contribution is -2.37. The van der Waals surface area contributed by atoms with Crippen molar-refractivity contribution in [2.75, 3.05) is 42.9 Å². The maximum Gasteiger partial charge on any atom is 0.224 e. The molecule has 0 aromatic carbocycles. The Morgan fingerprint density at radius 1 is 1.33 bits per heavy atom. The first-order valence-electron chi connectivity index (χ1n) is 8.26. The molecule has 0 aliphatic carbocycles. The predicted octanol–water partition coefficient (Wildman–Crippen LogP) is 2.53. The number of nitrogens with one attached hydrogen (secondary N) is 1. The molecule has 1 aromatic rings. The third-order valence-electron chi connectivity index (χ3n) is 4.27. The molecule has 1 aromatic heterocycles. The van der Waals surface area contributed by atoms with Crippen LogP contribution >= 0.6 is 0 Å². The van der Waals surface area contributed by atoms with E-state index in [-0.39, 0.29) is 0 Å². The average Bonchev–Trinajstić information content (AvgIpc) is 2.97. The summed E-state index contributed by atoms with van der Waals surface area (Å²) in [5.74, 6) is 1.85. The fourth-order valence-corrected chi connectivity index (χ4v) is 3.05. The zero-order valence-corrected chi connectivity index (χ0v) is 13.9. The Balaban J connectivity index is 2.08. The smallest absolute Gasteiger partial charge is 0.224 e. The van der Waals surface area contributed by atoms with Crippen LogP contribution in [0.25, 0.3) is 0 Å². The highest BCUT2D eigenvalue weighted by Gasteiger charge is 2.27. The van der Waals surface area contributed by atoms with Crippen molar-refractivity contribution in [3.8, 4) is 0 Å². The lowest BCUT2D eigenvalue weighted by Gasteiger charge is -2.26. The minimum atomic E-state index is 0.654. The lowest BCUT2D eigenvalue weighted by molar-refractivity contribution is 0.232. The van der Waals surface area contributed by atoms with E-state index in [0.29, 0.717) is 6.04 Å².